The van der Waals surface area contributed by atoms with Crippen LogP contribution in [0, 0.1) is 17.5 Å². The van der Waals surface area contributed by atoms with Gasteiger partial charge in [0.15, 0.2) is 5.82 Å². The highest BCUT2D eigenvalue weighted by Gasteiger charge is 2.12. The minimum Gasteiger partial charge on any atom is -0.335 e. The second kappa shape index (κ2) is 6.26. The first-order valence-corrected chi connectivity index (χ1v) is 6.92. The average Bonchev–Trinajstić information content (AvgIpc) is 2.51. The third-order valence-electron chi connectivity index (χ3n) is 2.99. The molecule has 23 heavy (non-hydrogen) atoms. The van der Waals surface area contributed by atoms with Crippen molar-refractivity contribution in [1.82, 2.24) is 9.97 Å². The van der Waals surface area contributed by atoms with Gasteiger partial charge in [-0.05, 0) is 24.3 Å². The summed E-state index contributed by atoms with van der Waals surface area (Å²) < 4.78 is 40.7. The second-order valence-corrected chi connectivity index (χ2v) is 5.02. The highest BCUT2D eigenvalue weighted by atomic mass is 35.5. The lowest BCUT2D eigenvalue weighted by Gasteiger charge is -2.09. The topological polar surface area (TPSA) is 37.8 Å². The molecule has 116 valence electrons. The molecule has 0 amide bonds. The number of benzene rings is 2. The molecule has 0 unspecified atom stereocenters. The molecular formula is C16H9ClF3N3. The predicted molar refractivity (Wildman–Crippen MR) is 82.1 cm³/mol. The maximum atomic E-state index is 13.7. The van der Waals surface area contributed by atoms with Crippen LogP contribution < -0.4 is 5.32 Å². The van der Waals surface area contributed by atoms with Crippen molar-refractivity contribution in [2.24, 2.45) is 0 Å². The van der Waals surface area contributed by atoms with Crippen LogP contribution in [0.5, 0.6) is 0 Å². The number of rotatable bonds is 3. The van der Waals surface area contributed by atoms with Crippen molar-refractivity contribution in [3.8, 4) is 11.4 Å². The first kappa shape index (κ1) is 15.3. The van der Waals surface area contributed by atoms with Crippen LogP contribution in [0.1, 0.15) is 0 Å². The summed E-state index contributed by atoms with van der Waals surface area (Å²) in [6, 6.07) is 10.4. The summed E-state index contributed by atoms with van der Waals surface area (Å²) in [5, 5.41) is 2.58. The summed E-state index contributed by atoms with van der Waals surface area (Å²) in [6.45, 7) is 0. The normalized spacial score (nSPS) is 10.6. The lowest BCUT2D eigenvalue weighted by molar-refractivity contribution is 0.590. The van der Waals surface area contributed by atoms with Crippen LogP contribution >= 0.6 is 11.6 Å². The summed E-state index contributed by atoms with van der Waals surface area (Å²) in [7, 11) is 0. The van der Waals surface area contributed by atoms with Crippen molar-refractivity contribution in [1.29, 1.82) is 0 Å². The standard InChI is InChI=1S/C16H9ClF3N3/c17-13-8-14(22-15-11(19)5-2-6-12(15)20)23-16(21-13)9-3-1-4-10(18)7-9/h1-8H,(H,21,22,23). The number of anilines is 2. The van der Waals surface area contributed by atoms with E-state index in [-0.39, 0.29) is 22.5 Å². The van der Waals surface area contributed by atoms with E-state index < -0.39 is 17.5 Å². The lowest BCUT2D eigenvalue weighted by atomic mass is 10.2. The summed E-state index contributed by atoms with van der Waals surface area (Å²) in [5.41, 5.74) is 0.0389. The third-order valence-corrected chi connectivity index (χ3v) is 3.19. The minimum atomic E-state index is -0.771. The summed E-state index contributed by atoms with van der Waals surface area (Å²) in [6.07, 6.45) is 0. The predicted octanol–water partition coefficient (Wildman–Crippen LogP) is 4.96. The Balaban J connectivity index is 2.01. The van der Waals surface area contributed by atoms with Crippen molar-refractivity contribution >= 4 is 23.1 Å². The number of halogens is 4. The molecule has 0 aliphatic heterocycles. The third kappa shape index (κ3) is 3.43. The molecule has 0 saturated heterocycles. The zero-order chi connectivity index (χ0) is 16.4. The molecule has 0 fully saturated rings. The molecule has 0 aliphatic rings. The van der Waals surface area contributed by atoms with Gasteiger partial charge in [0.25, 0.3) is 0 Å². The van der Waals surface area contributed by atoms with E-state index in [0.717, 1.165) is 12.1 Å². The van der Waals surface area contributed by atoms with Crippen molar-refractivity contribution in [3.05, 3.63) is 71.1 Å². The van der Waals surface area contributed by atoms with Crippen LogP contribution in [0.4, 0.5) is 24.7 Å². The summed E-state index contributed by atoms with van der Waals surface area (Å²) >= 11 is 5.91. The maximum absolute atomic E-state index is 13.7. The van der Waals surface area contributed by atoms with Gasteiger partial charge in [0.1, 0.15) is 34.1 Å². The Kier molecular flexibility index (Phi) is 4.16. The largest absolute Gasteiger partial charge is 0.335 e. The molecule has 3 aromatic rings. The molecule has 0 atom stereocenters. The maximum Gasteiger partial charge on any atom is 0.163 e. The Bertz CT molecular complexity index is 851. The Morgan fingerprint density at radius 1 is 0.870 bits per heavy atom. The van der Waals surface area contributed by atoms with Crippen molar-refractivity contribution in [2.75, 3.05) is 5.32 Å². The fraction of sp³-hybridized carbons (Fsp3) is 0. The first-order valence-electron chi connectivity index (χ1n) is 6.54. The van der Waals surface area contributed by atoms with Gasteiger partial charge in [-0.3, -0.25) is 0 Å². The van der Waals surface area contributed by atoms with E-state index in [4.69, 9.17) is 11.6 Å². The molecule has 3 rings (SSSR count). The van der Waals surface area contributed by atoms with Gasteiger partial charge in [0.2, 0.25) is 0 Å². The minimum absolute atomic E-state index is 0.0542. The Hall–Kier alpha value is -2.60. The molecule has 0 spiro atoms. The van der Waals surface area contributed by atoms with E-state index in [1.807, 2.05) is 0 Å². The van der Waals surface area contributed by atoms with E-state index in [0.29, 0.717) is 5.56 Å². The summed E-state index contributed by atoms with van der Waals surface area (Å²) in [5.74, 6) is -1.77. The molecule has 1 aromatic heterocycles. The van der Waals surface area contributed by atoms with E-state index in [1.54, 1.807) is 6.07 Å². The number of hydrogen-bond donors (Lipinski definition) is 1. The van der Waals surface area contributed by atoms with Crippen molar-refractivity contribution in [2.45, 2.75) is 0 Å². The van der Waals surface area contributed by atoms with Crippen molar-refractivity contribution in [3.63, 3.8) is 0 Å². The zero-order valence-corrected chi connectivity index (χ0v) is 12.3. The Morgan fingerprint density at radius 2 is 1.57 bits per heavy atom. The molecule has 3 nitrogen and oxygen atoms in total. The first-order chi connectivity index (χ1) is 11.0. The van der Waals surface area contributed by atoms with Gasteiger partial charge in [0.05, 0.1) is 0 Å². The van der Waals surface area contributed by atoms with E-state index in [9.17, 15) is 13.2 Å². The molecule has 2 aromatic carbocycles. The van der Waals surface area contributed by atoms with Gasteiger partial charge < -0.3 is 5.32 Å². The molecule has 0 bridgehead atoms. The smallest absolute Gasteiger partial charge is 0.163 e. The highest BCUT2D eigenvalue weighted by Crippen LogP contribution is 2.26. The van der Waals surface area contributed by atoms with Gasteiger partial charge in [-0.15, -0.1) is 0 Å². The highest BCUT2D eigenvalue weighted by molar-refractivity contribution is 6.29. The second-order valence-electron chi connectivity index (χ2n) is 4.63. The quantitative estimate of drug-likeness (QED) is 0.688. The number of nitrogens with one attached hydrogen (secondary N) is 1. The Labute approximate surface area is 134 Å². The van der Waals surface area contributed by atoms with Crippen LogP contribution in [0.15, 0.2) is 48.5 Å². The molecule has 7 heteroatoms. The number of hydrogen-bond acceptors (Lipinski definition) is 3. The van der Waals surface area contributed by atoms with Crippen LogP contribution in [0.2, 0.25) is 5.15 Å². The Morgan fingerprint density at radius 3 is 2.26 bits per heavy atom. The van der Waals surface area contributed by atoms with Crippen LogP contribution in [-0.2, 0) is 0 Å². The van der Waals surface area contributed by atoms with Gasteiger partial charge in [-0.1, -0.05) is 29.8 Å². The van der Waals surface area contributed by atoms with Gasteiger partial charge in [0, 0.05) is 11.6 Å². The number of nitrogens with zero attached hydrogens (tertiary/aromatic N) is 2. The monoisotopic (exact) mass is 335 g/mol. The fourth-order valence-corrected chi connectivity index (χ4v) is 2.17. The van der Waals surface area contributed by atoms with Crippen LogP contribution in [0.3, 0.4) is 0 Å². The zero-order valence-electron chi connectivity index (χ0n) is 11.5. The lowest BCUT2D eigenvalue weighted by Crippen LogP contribution is -2.01. The number of aromatic nitrogens is 2. The van der Waals surface area contributed by atoms with Crippen LogP contribution in [0.25, 0.3) is 11.4 Å². The number of para-hydroxylation sites is 1. The molecular weight excluding hydrogens is 327 g/mol. The van der Waals surface area contributed by atoms with E-state index in [1.165, 1.54) is 30.3 Å². The molecule has 0 aliphatic carbocycles. The van der Waals surface area contributed by atoms with Gasteiger partial charge in [-0.2, -0.15) is 0 Å². The van der Waals surface area contributed by atoms with Crippen molar-refractivity contribution < 1.29 is 13.2 Å². The van der Waals surface area contributed by atoms with Gasteiger partial charge >= 0.3 is 0 Å². The van der Waals surface area contributed by atoms with Crippen LogP contribution in [-0.4, -0.2) is 9.97 Å². The molecule has 0 saturated carbocycles. The molecule has 0 radical (unpaired) electrons. The summed E-state index contributed by atoms with van der Waals surface area (Å²) in [4.78, 5) is 8.11. The van der Waals surface area contributed by atoms with E-state index >= 15 is 0 Å². The van der Waals surface area contributed by atoms with Gasteiger partial charge in [-0.25, -0.2) is 23.1 Å². The molecule has 1 heterocycles. The van der Waals surface area contributed by atoms with E-state index in [2.05, 4.69) is 15.3 Å². The SMILES string of the molecule is Fc1cccc(-c2nc(Cl)cc(Nc3c(F)cccc3F)n2)c1. The average molecular weight is 336 g/mol. The fourth-order valence-electron chi connectivity index (χ4n) is 1.98. The molecule has 1 N–H and O–H groups in total.